The van der Waals surface area contributed by atoms with Gasteiger partial charge in [0.05, 0.1) is 17.8 Å². The van der Waals surface area contributed by atoms with Crippen molar-refractivity contribution in [3.05, 3.63) is 94.8 Å². The molecular weight excluding hydrogens is 845 g/mol. The standard InChI is InChI=1S/C47H62N12O7/c1-26-34(24-53-41(55-26)29-8-11-31(12-9-29)47(3,4)5)43(61)57-35(15-16-48)46(64)59(6)40-30-10-14-38(66-20-18-50)33(23-30)32-21-28(7-13-37(32)65-19-17-49)22-36(44(62)54-25-39(51)52)58-42(60)27(2)56-45(40)63/h7-14,21,23-24,27,35-36,40H,15-20,22,25,48-50H2,1-6H3,(H3,51,52)(H,54,62)(H,56,63)(H,57,61)(H,58,60)/t27-,35-,36-,40-/m0/s1. The molecule has 0 aliphatic carbocycles. The number of carbonyl (C=O) groups is 5. The van der Waals surface area contributed by atoms with Gasteiger partial charge in [0.15, 0.2) is 5.82 Å². The first-order chi connectivity index (χ1) is 31.4. The Morgan fingerprint density at radius 1 is 0.909 bits per heavy atom. The number of fused-ring (bicyclic) bond motifs is 5. The number of likely N-dealkylation sites (N-methyl/N-ethyl adjacent to an activating group) is 1. The molecule has 2 heterocycles. The second-order valence-electron chi connectivity index (χ2n) is 17.1. The lowest BCUT2D eigenvalue weighted by molar-refractivity contribution is -0.141. The molecule has 19 heteroatoms. The van der Waals surface area contributed by atoms with Crippen LogP contribution in [0.4, 0.5) is 0 Å². The van der Waals surface area contributed by atoms with E-state index < -0.39 is 53.7 Å². The van der Waals surface area contributed by atoms with Gasteiger partial charge in [0.1, 0.15) is 54.7 Å². The number of carbonyl (C=O) groups excluding carboxylic acids is 5. The number of nitrogens with zero attached hydrogens (tertiary/aromatic N) is 3. The van der Waals surface area contributed by atoms with Gasteiger partial charge in [-0.05, 0) is 73.2 Å². The zero-order valence-electron chi connectivity index (χ0n) is 38.3. The molecule has 4 aromatic rings. The van der Waals surface area contributed by atoms with Gasteiger partial charge in [0.25, 0.3) is 5.91 Å². The van der Waals surface area contributed by atoms with Gasteiger partial charge in [-0.1, -0.05) is 57.2 Å². The monoisotopic (exact) mass is 906 g/mol. The number of hydrogen-bond acceptors (Lipinski definition) is 13. The Hall–Kier alpha value is -6.96. The molecule has 4 atom stereocenters. The van der Waals surface area contributed by atoms with Crippen LogP contribution < -0.4 is 53.7 Å². The first-order valence-electron chi connectivity index (χ1n) is 21.7. The molecule has 0 radical (unpaired) electrons. The maximum atomic E-state index is 14.7. The molecule has 1 aromatic heterocycles. The number of ether oxygens (including phenoxy) is 2. The van der Waals surface area contributed by atoms with Crippen molar-refractivity contribution in [3.8, 4) is 34.0 Å². The van der Waals surface area contributed by atoms with E-state index in [1.165, 1.54) is 25.1 Å². The van der Waals surface area contributed by atoms with Crippen molar-refractivity contribution in [1.82, 2.24) is 36.1 Å². The number of nitrogens with two attached hydrogens (primary N) is 4. The highest BCUT2D eigenvalue weighted by Gasteiger charge is 2.36. The highest BCUT2D eigenvalue weighted by atomic mass is 16.5. The lowest BCUT2D eigenvalue weighted by Gasteiger charge is -2.32. The molecule has 19 nitrogen and oxygen atoms in total. The van der Waals surface area contributed by atoms with Crippen LogP contribution in [0.15, 0.2) is 66.9 Å². The van der Waals surface area contributed by atoms with Crippen LogP contribution in [-0.2, 0) is 31.0 Å². The lowest BCUT2D eigenvalue weighted by atomic mass is 9.87. The summed E-state index contributed by atoms with van der Waals surface area (Å²) in [6.45, 7) is 9.87. The van der Waals surface area contributed by atoms with Crippen LogP contribution in [0.5, 0.6) is 11.5 Å². The van der Waals surface area contributed by atoms with E-state index in [9.17, 15) is 24.0 Å². The molecule has 66 heavy (non-hydrogen) atoms. The fourth-order valence-electron chi connectivity index (χ4n) is 7.37. The van der Waals surface area contributed by atoms with Crippen LogP contribution in [0.25, 0.3) is 22.5 Å². The summed E-state index contributed by atoms with van der Waals surface area (Å²) in [5.74, 6) is -2.48. The second-order valence-corrected chi connectivity index (χ2v) is 17.1. The minimum atomic E-state index is -1.41. The van der Waals surface area contributed by atoms with Crippen molar-refractivity contribution < 1.29 is 33.4 Å². The minimum absolute atomic E-state index is 0.000986. The van der Waals surface area contributed by atoms with Crippen molar-refractivity contribution in [2.75, 3.05) is 46.4 Å². The third-order valence-electron chi connectivity index (χ3n) is 11.0. The van der Waals surface area contributed by atoms with Crippen molar-refractivity contribution in [3.63, 3.8) is 0 Å². The Bertz CT molecular complexity index is 2420. The Morgan fingerprint density at radius 2 is 1.55 bits per heavy atom. The number of amidine groups is 1. The van der Waals surface area contributed by atoms with Crippen molar-refractivity contribution >= 4 is 35.4 Å². The van der Waals surface area contributed by atoms with Gasteiger partial charge in [-0.3, -0.25) is 29.4 Å². The van der Waals surface area contributed by atoms with Crippen molar-refractivity contribution in [2.45, 2.75) is 77.0 Å². The first-order valence-corrected chi connectivity index (χ1v) is 21.7. The molecule has 5 amide bonds. The largest absolute Gasteiger partial charge is 0.492 e. The van der Waals surface area contributed by atoms with Gasteiger partial charge >= 0.3 is 0 Å². The molecule has 5 rings (SSSR count). The van der Waals surface area contributed by atoms with Gasteiger partial charge < -0.3 is 58.6 Å². The summed E-state index contributed by atoms with van der Waals surface area (Å²) in [7, 11) is 1.41. The number of benzene rings is 3. The maximum absolute atomic E-state index is 14.7. The van der Waals surface area contributed by atoms with E-state index in [1.807, 2.05) is 24.3 Å². The van der Waals surface area contributed by atoms with Crippen LogP contribution in [0.2, 0.25) is 0 Å². The third-order valence-corrected chi connectivity index (χ3v) is 11.0. The molecule has 0 saturated carbocycles. The molecule has 1 aliphatic heterocycles. The summed E-state index contributed by atoms with van der Waals surface area (Å²) in [6, 6.07) is 13.0. The molecule has 13 N–H and O–H groups in total. The molecule has 0 spiro atoms. The van der Waals surface area contributed by atoms with Gasteiger partial charge in [0.2, 0.25) is 23.6 Å². The van der Waals surface area contributed by atoms with Crippen LogP contribution in [0.1, 0.15) is 72.9 Å². The SMILES string of the molecule is Cc1nc(-c2ccc(C(C)(C)C)cc2)ncc1C(=O)N[C@@H](CCN)C(=O)N(C)[C@@H]1C(=O)N[C@@H](C)C(=O)N[C@H](C(=O)NCC(=N)N)Cc2ccc(OCCN)c(c2)-c2cc1ccc2OCCN. The summed E-state index contributed by atoms with van der Waals surface area (Å²) in [5.41, 5.74) is 27.4. The van der Waals surface area contributed by atoms with Gasteiger partial charge in [-0.2, -0.15) is 0 Å². The Kier molecular flexibility index (Phi) is 16.9. The van der Waals surface area contributed by atoms with E-state index in [0.717, 1.165) is 11.1 Å². The first kappa shape index (κ1) is 50.0. The summed E-state index contributed by atoms with van der Waals surface area (Å²) in [5, 5.41) is 18.4. The number of aryl methyl sites for hydroxylation is 1. The lowest BCUT2D eigenvalue weighted by Crippen LogP contribution is -2.56. The smallest absolute Gasteiger partial charge is 0.255 e. The van der Waals surface area contributed by atoms with Crippen LogP contribution in [0.3, 0.4) is 0 Å². The topological polar surface area (TPSA) is 309 Å². The fourth-order valence-corrected chi connectivity index (χ4v) is 7.37. The molecule has 0 fully saturated rings. The van der Waals surface area contributed by atoms with Crippen LogP contribution in [-0.4, -0.2) is 115 Å². The highest BCUT2D eigenvalue weighted by molar-refractivity contribution is 6.00. The fraction of sp³-hybridized carbons (Fsp3) is 0.404. The zero-order chi connectivity index (χ0) is 48.3. The van der Waals surface area contributed by atoms with Crippen LogP contribution >= 0.6 is 0 Å². The number of rotatable bonds is 16. The van der Waals surface area contributed by atoms with Gasteiger partial charge in [0, 0.05) is 49.4 Å². The minimum Gasteiger partial charge on any atom is -0.492 e. The quantitative estimate of drug-likeness (QED) is 0.0567. The summed E-state index contributed by atoms with van der Waals surface area (Å²) >= 11 is 0. The predicted octanol–water partition coefficient (Wildman–Crippen LogP) is 1.34. The summed E-state index contributed by atoms with van der Waals surface area (Å²) < 4.78 is 12.2. The molecule has 0 saturated heterocycles. The van der Waals surface area contributed by atoms with Gasteiger partial charge in [-0.15, -0.1) is 0 Å². The molecule has 3 aromatic carbocycles. The maximum Gasteiger partial charge on any atom is 0.255 e. The van der Waals surface area contributed by atoms with E-state index in [-0.39, 0.29) is 69.0 Å². The average molecular weight is 907 g/mol. The number of hydrogen-bond donors (Lipinski definition) is 9. The van der Waals surface area contributed by atoms with E-state index in [2.05, 4.69) is 52.0 Å². The molecule has 0 unspecified atom stereocenters. The van der Waals surface area contributed by atoms with Crippen molar-refractivity contribution in [1.29, 1.82) is 5.41 Å². The zero-order valence-corrected chi connectivity index (χ0v) is 38.3. The highest BCUT2D eigenvalue weighted by Crippen LogP contribution is 2.40. The van der Waals surface area contributed by atoms with Gasteiger partial charge in [-0.25, -0.2) is 9.97 Å². The number of aromatic nitrogens is 2. The van der Waals surface area contributed by atoms with E-state index in [0.29, 0.717) is 45.3 Å². The van der Waals surface area contributed by atoms with Crippen LogP contribution in [0, 0.1) is 12.3 Å². The third kappa shape index (κ3) is 12.4. The van der Waals surface area contributed by atoms with Crippen molar-refractivity contribution in [2.24, 2.45) is 22.9 Å². The Labute approximate surface area is 384 Å². The molecular formula is C47H62N12O7. The molecule has 1 aliphatic rings. The summed E-state index contributed by atoms with van der Waals surface area (Å²) in [6.07, 6.45) is 1.40. The Morgan fingerprint density at radius 3 is 2.14 bits per heavy atom. The van der Waals surface area contributed by atoms with E-state index in [1.54, 1.807) is 43.3 Å². The van der Waals surface area contributed by atoms with E-state index in [4.69, 9.17) is 37.8 Å². The number of nitrogens with one attached hydrogen (secondary N) is 5. The average Bonchev–Trinajstić information content (AvgIpc) is 3.28. The normalized spacial score (nSPS) is 16.7. The second kappa shape index (κ2) is 22.3. The Balaban J connectivity index is 1.55. The molecule has 352 valence electrons. The number of amides is 5. The van der Waals surface area contributed by atoms with E-state index >= 15 is 0 Å². The summed E-state index contributed by atoms with van der Waals surface area (Å²) in [4.78, 5) is 80.7. The molecule has 4 bridgehead atoms. The predicted molar refractivity (Wildman–Crippen MR) is 250 cm³/mol.